The average Bonchev–Trinajstić information content (AvgIpc) is 2.53. The Bertz CT molecular complexity index is 422. The molecule has 2 rings (SSSR count). The van der Waals surface area contributed by atoms with Gasteiger partial charge in [0.25, 0.3) is 0 Å². The molecule has 0 spiro atoms. The molecule has 23 heavy (non-hydrogen) atoms. The summed E-state index contributed by atoms with van der Waals surface area (Å²) in [6.07, 6.45) is 9.65. The number of allylic oxidation sites excluding steroid dienone is 2. The molecule has 0 aromatic rings. The van der Waals surface area contributed by atoms with Gasteiger partial charge < -0.3 is 0 Å². The van der Waals surface area contributed by atoms with E-state index in [9.17, 15) is 13.2 Å². The van der Waals surface area contributed by atoms with Gasteiger partial charge in [-0.3, -0.25) is 0 Å². The Morgan fingerprint density at radius 3 is 2.17 bits per heavy atom. The molecule has 0 radical (unpaired) electrons. The van der Waals surface area contributed by atoms with Crippen LogP contribution in [0.25, 0.3) is 0 Å². The predicted octanol–water partition coefficient (Wildman–Crippen LogP) is 6.52. The molecule has 0 heterocycles. The van der Waals surface area contributed by atoms with Gasteiger partial charge in [-0.1, -0.05) is 37.7 Å². The van der Waals surface area contributed by atoms with Crippen LogP contribution in [0.3, 0.4) is 0 Å². The Labute approximate surface area is 138 Å². The van der Waals surface area contributed by atoms with Crippen molar-refractivity contribution in [1.82, 2.24) is 0 Å². The number of alkyl halides is 3. The van der Waals surface area contributed by atoms with E-state index in [0.717, 1.165) is 5.92 Å². The SMILES string of the molecule is CCC[C@H]1CC[C@H](/C=C/C#C[C@H]2CC[C@H](C(F)(F)F)CC2)CC1. The van der Waals surface area contributed by atoms with Crippen LogP contribution in [0.5, 0.6) is 0 Å². The summed E-state index contributed by atoms with van der Waals surface area (Å²) >= 11 is 0. The third-order valence-corrected chi connectivity index (χ3v) is 5.52. The van der Waals surface area contributed by atoms with E-state index in [1.54, 1.807) is 0 Å². The molecule has 0 atom stereocenters. The van der Waals surface area contributed by atoms with E-state index in [-0.39, 0.29) is 18.8 Å². The van der Waals surface area contributed by atoms with Crippen LogP contribution in [0.4, 0.5) is 13.2 Å². The van der Waals surface area contributed by atoms with Crippen LogP contribution in [-0.4, -0.2) is 6.18 Å². The van der Waals surface area contributed by atoms with E-state index in [4.69, 9.17) is 0 Å². The molecule has 2 fully saturated rings. The number of hydrogen-bond donors (Lipinski definition) is 0. The van der Waals surface area contributed by atoms with Gasteiger partial charge in [-0.2, -0.15) is 13.2 Å². The normalized spacial score (nSPS) is 32.5. The van der Waals surface area contributed by atoms with Crippen molar-refractivity contribution >= 4 is 0 Å². The summed E-state index contributed by atoms with van der Waals surface area (Å²) in [5, 5.41) is 0. The molecule has 0 aromatic carbocycles. The zero-order valence-electron chi connectivity index (χ0n) is 14.2. The van der Waals surface area contributed by atoms with Crippen LogP contribution in [0.2, 0.25) is 0 Å². The van der Waals surface area contributed by atoms with E-state index in [1.807, 2.05) is 6.08 Å². The van der Waals surface area contributed by atoms with Crippen molar-refractivity contribution in [2.24, 2.45) is 23.7 Å². The summed E-state index contributed by atoms with van der Waals surface area (Å²) in [5.41, 5.74) is 0. The second-order valence-electron chi connectivity index (χ2n) is 7.31. The summed E-state index contributed by atoms with van der Waals surface area (Å²) in [6, 6.07) is 0. The van der Waals surface area contributed by atoms with Gasteiger partial charge in [-0.15, -0.1) is 0 Å². The van der Waals surface area contributed by atoms with Gasteiger partial charge in [0.15, 0.2) is 0 Å². The lowest BCUT2D eigenvalue weighted by atomic mass is 9.80. The van der Waals surface area contributed by atoms with E-state index in [0.29, 0.717) is 18.8 Å². The molecular weight excluding hydrogens is 297 g/mol. The van der Waals surface area contributed by atoms with Crippen LogP contribution in [-0.2, 0) is 0 Å². The van der Waals surface area contributed by atoms with Crippen LogP contribution in [0, 0.1) is 35.5 Å². The van der Waals surface area contributed by atoms with E-state index in [2.05, 4.69) is 24.8 Å². The Kier molecular flexibility index (Phi) is 7.06. The molecule has 0 N–H and O–H groups in total. The highest BCUT2D eigenvalue weighted by Crippen LogP contribution is 2.39. The number of rotatable bonds is 3. The fourth-order valence-corrected chi connectivity index (χ4v) is 3.99. The van der Waals surface area contributed by atoms with Gasteiger partial charge in [-0.05, 0) is 69.3 Å². The molecule has 2 aliphatic carbocycles. The lowest BCUT2D eigenvalue weighted by Crippen LogP contribution is -2.27. The first-order valence-electron chi connectivity index (χ1n) is 9.23. The Morgan fingerprint density at radius 1 is 0.957 bits per heavy atom. The van der Waals surface area contributed by atoms with Crippen LogP contribution in [0.15, 0.2) is 12.2 Å². The summed E-state index contributed by atoms with van der Waals surface area (Å²) in [5.74, 6) is 6.86. The molecule has 0 bridgehead atoms. The minimum Gasteiger partial charge on any atom is -0.171 e. The average molecular weight is 326 g/mol. The van der Waals surface area contributed by atoms with Crippen molar-refractivity contribution in [1.29, 1.82) is 0 Å². The van der Waals surface area contributed by atoms with Crippen molar-refractivity contribution in [3.63, 3.8) is 0 Å². The second-order valence-corrected chi connectivity index (χ2v) is 7.31. The minimum atomic E-state index is -4.02. The molecule has 2 aliphatic rings. The largest absolute Gasteiger partial charge is 0.391 e. The third-order valence-electron chi connectivity index (χ3n) is 5.52. The van der Waals surface area contributed by atoms with Crippen molar-refractivity contribution < 1.29 is 13.2 Å². The second kappa shape index (κ2) is 8.81. The first kappa shape index (κ1) is 18.4. The number of hydrogen-bond acceptors (Lipinski definition) is 0. The molecule has 0 aliphatic heterocycles. The van der Waals surface area contributed by atoms with Crippen molar-refractivity contribution in [3.05, 3.63) is 12.2 Å². The fraction of sp³-hybridized carbons (Fsp3) is 0.800. The van der Waals surface area contributed by atoms with Gasteiger partial charge in [-0.25, -0.2) is 0 Å². The molecule has 3 heteroatoms. The van der Waals surface area contributed by atoms with Crippen molar-refractivity contribution in [2.75, 3.05) is 0 Å². The molecule has 2 saturated carbocycles. The Hall–Kier alpha value is -0.910. The van der Waals surface area contributed by atoms with E-state index < -0.39 is 12.1 Å². The monoisotopic (exact) mass is 326 g/mol. The quantitative estimate of drug-likeness (QED) is 0.518. The number of halogens is 3. The van der Waals surface area contributed by atoms with Gasteiger partial charge in [0.2, 0.25) is 0 Å². The summed E-state index contributed by atoms with van der Waals surface area (Å²) < 4.78 is 37.8. The maximum atomic E-state index is 12.6. The van der Waals surface area contributed by atoms with Crippen LogP contribution >= 0.6 is 0 Å². The molecule has 0 unspecified atom stereocenters. The van der Waals surface area contributed by atoms with Gasteiger partial charge in [0.05, 0.1) is 5.92 Å². The van der Waals surface area contributed by atoms with Crippen LogP contribution in [0.1, 0.15) is 71.1 Å². The van der Waals surface area contributed by atoms with Gasteiger partial charge in [0, 0.05) is 5.92 Å². The van der Waals surface area contributed by atoms with Gasteiger partial charge in [0.1, 0.15) is 0 Å². The molecule has 0 aromatic heterocycles. The molecular formula is C20H29F3. The Morgan fingerprint density at radius 2 is 1.61 bits per heavy atom. The highest BCUT2D eigenvalue weighted by Gasteiger charge is 2.41. The molecule has 0 amide bonds. The smallest absolute Gasteiger partial charge is 0.171 e. The zero-order valence-corrected chi connectivity index (χ0v) is 14.2. The lowest BCUT2D eigenvalue weighted by molar-refractivity contribution is -0.182. The zero-order chi connectivity index (χ0) is 16.7. The molecule has 130 valence electrons. The van der Waals surface area contributed by atoms with E-state index in [1.165, 1.54) is 38.5 Å². The lowest BCUT2D eigenvalue weighted by Gasteiger charge is -2.27. The molecule has 0 saturated heterocycles. The minimum absolute atomic E-state index is 0.151. The first-order valence-corrected chi connectivity index (χ1v) is 9.23. The summed E-state index contributed by atoms with van der Waals surface area (Å²) in [4.78, 5) is 0. The maximum Gasteiger partial charge on any atom is 0.391 e. The van der Waals surface area contributed by atoms with Crippen molar-refractivity contribution in [3.8, 4) is 11.8 Å². The highest BCUT2D eigenvalue weighted by molar-refractivity contribution is 5.18. The summed E-state index contributed by atoms with van der Waals surface area (Å²) in [7, 11) is 0. The summed E-state index contributed by atoms with van der Waals surface area (Å²) in [6.45, 7) is 2.25. The maximum absolute atomic E-state index is 12.6. The standard InChI is InChI=1S/C20H29F3/c1-2-5-16-8-10-17(11-9-16)6-3-4-7-18-12-14-19(15-13-18)20(21,22)23/h3,6,16-19H,2,5,8-15H2,1H3/b6-3+/t16-,17-,18-,19-. The molecule has 0 nitrogen and oxygen atoms in total. The van der Waals surface area contributed by atoms with E-state index >= 15 is 0 Å². The third kappa shape index (κ3) is 6.24. The Balaban J connectivity index is 1.68. The van der Waals surface area contributed by atoms with Gasteiger partial charge >= 0.3 is 6.18 Å². The topological polar surface area (TPSA) is 0 Å². The first-order chi connectivity index (χ1) is 11.0. The highest BCUT2D eigenvalue weighted by atomic mass is 19.4. The predicted molar refractivity (Wildman–Crippen MR) is 88.8 cm³/mol. The van der Waals surface area contributed by atoms with Crippen molar-refractivity contribution in [2.45, 2.75) is 77.3 Å². The fourth-order valence-electron chi connectivity index (χ4n) is 3.99. The van der Waals surface area contributed by atoms with Crippen LogP contribution < -0.4 is 0 Å².